The number of aliphatic hydroxyl groups excluding tert-OH is 3. The largest absolute Gasteiger partial charge is 0.393 e. The third-order valence-corrected chi connectivity index (χ3v) is 13.5. The summed E-state index contributed by atoms with van der Waals surface area (Å²) >= 11 is 0. The number of rotatable bonds is 7. The van der Waals surface area contributed by atoms with Crippen molar-refractivity contribution in [2.75, 3.05) is 13.1 Å². The first-order valence-corrected chi connectivity index (χ1v) is 17.2. The van der Waals surface area contributed by atoms with E-state index in [1.54, 1.807) is 0 Å². The molecule has 1 aromatic carbocycles. The molecule has 5 fully saturated rings. The van der Waals surface area contributed by atoms with Crippen molar-refractivity contribution in [3.05, 3.63) is 35.9 Å². The highest BCUT2D eigenvalue weighted by atomic mass is 16.3. The van der Waals surface area contributed by atoms with E-state index in [1.807, 2.05) is 0 Å². The summed E-state index contributed by atoms with van der Waals surface area (Å²) in [4.78, 5) is 15.5. The Balaban J connectivity index is 1.02. The molecule has 1 aliphatic heterocycles. The zero-order valence-electron chi connectivity index (χ0n) is 26.3. The van der Waals surface area contributed by atoms with Gasteiger partial charge in [0.25, 0.3) is 0 Å². The quantitative estimate of drug-likeness (QED) is 0.358. The Bertz CT molecular complexity index is 1080. The smallest absolute Gasteiger partial charge is 0.220 e. The number of fused-ring (bicyclic) bond motifs is 5. The second kappa shape index (κ2) is 12.1. The number of hydrogen-bond acceptors (Lipinski definition) is 5. The fourth-order valence-electron chi connectivity index (χ4n) is 11.1. The van der Waals surface area contributed by atoms with Crippen LogP contribution in [-0.4, -0.2) is 63.6 Å². The summed E-state index contributed by atoms with van der Waals surface area (Å²) in [7, 11) is 0. The zero-order chi connectivity index (χ0) is 29.6. The van der Waals surface area contributed by atoms with Crippen LogP contribution in [0.1, 0.15) is 97.0 Å². The van der Waals surface area contributed by atoms with Crippen LogP contribution in [0.2, 0.25) is 0 Å². The maximum absolute atomic E-state index is 13.0. The number of nitrogens with zero attached hydrogens (tertiary/aromatic N) is 1. The van der Waals surface area contributed by atoms with Gasteiger partial charge < -0.3 is 20.6 Å². The highest BCUT2D eigenvalue weighted by molar-refractivity contribution is 5.76. The molecular formula is C36H56N2O4. The summed E-state index contributed by atoms with van der Waals surface area (Å²) in [5.74, 6) is 2.15. The predicted molar refractivity (Wildman–Crippen MR) is 165 cm³/mol. The van der Waals surface area contributed by atoms with Crippen LogP contribution < -0.4 is 5.32 Å². The molecule has 0 radical (unpaired) electrons. The second-order valence-electron chi connectivity index (χ2n) is 15.6. The van der Waals surface area contributed by atoms with Gasteiger partial charge in [-0.05, 0) is 116 Å². The molecule has 0 aromatic heterocycles. The summed E-state index contributed by atoms with van der Waals surface area (Å²) in [6.45, 7) is 10.0. The average Bonchev–Trinajstić information content (AvgIpc) is 3.33. The number of nitrogens with one attached hydrogen (secondary N) is 1. The average molecular weight is 581 g/mol. The highest BCUT2D eigenvalue weighted by Gasteiger charge is 2.65. The summed E-state index contributed by atoms with van der Waals surface area (Å²) in [5, 5.41) is 37.1. The number of aliphatic hydroxyl groups is 3. The predicted octanol–water partition coefficient (Wildman–Crippen LogP) is 5.14. The number of amides is 1. The molecule has 4 N–H and O–H groups in total. The van der Waals surface area contributed by atoms with E-state index in [0.29, 0.717) is 36.0 Å². The monoisotopic (exact) mass is 580 g/mol. The van der Waals surface area contributed by atoms with Crippen LogP contribution in [0.3, 0.4) is 0 Å². The summed E-state index contributed by atoms with van der Waals surface area (Å²) in [5.41, 5.74) is 1.24. The lowest BCUT2D eigenvalue weighted by molar-refractivity contribution is -0.207. The van der Waals surface area contributed by atoms with E-state index in [0.717, 1.165) is 83.8 Å². The van der Waals surface area contributed by atoms with Gasteiger partial charge in [-0.15, -0.1) is 0 Å². The van der Waals surface area contributed by atoms with Crippen molar-refractivity contribution in [1.29, 1.82) is 0 Å². The van der Waals surface area contributed by atoms with E-state index in [-0.39, 0.29) is 47.0 Å². The molecule has 6 nitrogen and oxygen atoms in total. The number of hydrogen-bond donors (Lipinski definition) is 4. The third kappa shape index (κ3) is 5.59. The Morgan fingerprint density at radius 3 is 2.45 bits per heavy atom. The lowest BCUT2D eigenvalue weighted by atomic mass is 9.43. The first-order chi connectivity index (χ1) is 20.1. The van der Waals surface area contributed by atoms with Crippen molar-refractivity contribution in [3.8, 4) is 0 Å². The Morgan fingerprint density at radius 1 is 0.976 bits per heavy atom. The van der Waals surface area contributed by atoms with Crippen molar-refractivity contribution < 1.29 is 20.1 Å². The van der Waals surface area contributed by atoms with Gasteiger partial charge in [0.05, 0.1) is 18.3 Å². The zero-order valence-corrected chi connectivity index (χ0v) is 26.3. The van der Waals surface area contributed by atoms with Gasteiger partial charge in [0.1, 0.15) is 0 Å². The van der Waals surface area contributed by atoms with Crippen LogP contribution in [0.4, 0.5) is 0 Å². The molecule has 4 saturated carbocycles. The van der Waals surface area contributed by atoms with Crippen molar-refractivity contribution in [2.24, 2.45) is 46.3 Å². The first-order valence-electron chi connectivity index (χ1n) is 17.2. The minimum atomic E-state index is -0.372. The number of benzene rings is 1. The fourth-order valence-corrected chi connectivity index (χ4v) is 11.1. The number of carbonyl (C=O) groups is 1. The molecule has 1 saturated heterocycles. The van der Waals surface area contributed by atoms with E-state index in [1.165, 1.54) is 5.56 Å². The van der Waals surface area contributed by atoms with Gasteiger partial charge in [0.15, 0.2) is 0 Å². The molecule has 6 heteroatoms. The summed E-state index contributed by atoms with van der Waals surface area (Å²) < 4.78 is 0. The van der Waals surface area contributed by atoms with E-state index >= 15 is 0 Å². The normalized spacial score (nSPS) is 43.2. The highest BCUT2D eigenvalue weighted by Crippen LogP contribution is 2.68. The standard InChI is InChI=1S/C36H56N2O4/c1-23(9-12-33(42)37-26-14-17-38(18-15-26)22-24-7-5-4-6-8-24)28-10-11-29-34-30(21-32(41)36(28,29)3)35(2)16-13-27(39)19-25(35)20-31(34)40/h4-8,23,25-32,34,39-41H,9-22H2,1-3H3,(H,37,42)/t23-,25+,27-,28-,29+,30+,31-,32+,34+,35+,36-/m1/s1. The molecule has 4 aliphatic carbocycles. The molecule has 1 heterocycles. The second-order valence-corrected chi connectivity index (χ2v) is 15.6. The van der Waals surface area contributed by atoms with Gasteiger partial charge in [-0.3, -0.25) is 9.69 Å². The maximum Gasteiger partial charge on any atom is 0.220 e. The van der Waals surface area contributed by atoms with Crippen molar-refractivity contribution in [3.63, 3.8) is 0 Å². The summed E-state index contributed by atoms with van der Waals surface area (Å²) in [6, 6.07) is 10.9. The van der Waals surface area contributed by atoms with Crippen molar-refractivity contribution in [2.45, 2.75) is 122 Å². The Morgan fingerprint density at radius 2 is 1.71 bits per heavy atom. The van der Waals surface area contributed by atoms with Crippen LogP contribution in [0.15, 0.2) is 30.3 Å². The third-order valence-electron chi connectivity index (χ3n) is 13.5. The first kappa shape index (κ1) is 30.6. The van der Waals surface area contributed by atoms with Gasteiger partial charge in [-0.1, -0.05) is 51.1 Å². The minimum Gasteiger partial charge on any atom is -0.393 e. The molecule has 1 amide bonds. The Hall–Kier alpha value is -1.47. The van der Waals surface area contributed by atoms with Crippen LogP contribution in [-0.2, 0) is 11.3 Å². The van der Waals surface area contributed by atoms with Crippen molar-refractivity contribution in [1.82, 2.24) is 10.2 Å². The fraction of sp³-hybridized carbons (Fsp3) is 0.806. The van der Waals surface area contributed by atoms with Gasteiger partial charge in [-0.25, -0.2) is 0 Å². The van der Waals surface area contributed by atoms with E-state index in [9.17, 15) is 20.1 Å². The van der Waals surface area contributed by atoms with Crippen LogP contribution in [0.5, 0.6) is 0 Å². The van der Waals surface area contributed by atoms with Gasteiger partial charge in [-0.2, -0.15) is 0 Å². The molecule has 5 aliphatic rings. The van der Waals surface area contributed by atoms with Gasteiger partial charge >= 0.3 is 0 Å². The molecule has 1 aromatic rings. The minimum absolute atomic E-state index is 0.102. The van der Waals surface area contributed by atoms with Crippen LogP contribution in [0, 0.1) is 46.3 Å². The van der Waals surface area contributed by atoms with Gasteiger partial charge in [0, 0.05) is 32.1 Å². The molecule has 0 spiro atoms. The van der Waals surface area contributed by atoms with Crippen LogP contribution >= 0.6 is 0 Å². The van der Waals surface area contributed by atoms with E-state index < -0.39 is 0 Å². The molecule has 42 heavy (non-hydrogen) atoms. The number of likely N-dealkylation sites (tertiary alicyclic amines) is 1. The topological polar surface area (TPSA) is 93.0 Å². The molecule has 11 atom stereocenters. The van der Waals surface area contributed by atoms with E-state index in [4.69, 9.17) is 0 Å². The Labute approximate surface area is 253 Å². The molecule has 0 unspecified atom stereocenters. The van der Waals surface area contributed by atoms with Gasteiger partial charge in [0.2, 0.25) is 5.91 Å². The van der Waals surface area contributed by atoms with E-state index in [2.05, 4.69) is 61.3 Å². The molecule has 234 valence electrons. The van der Waals surface area contributed by atoms with Crippen molar-refractivity contribution >= 4 is 5.91 Å². The number of carbonyl (C=O) groups excluding carboxylic acids is 1. The molecule has 0 bridgehead atoms. The molecule has 6 rings (SSSR count). The lowest BCUT2D eigenvalue weighted by Crippen LogP contribution is -2.62. The molecular weight excluding hydrogens is 524 g/mol. The maximum atomic E-state index is 13.0. The lowest BCUT2D eigenvalue weighted by Gasteiger charge is -2.63. The summed E-state index contributed by atoms with van der Waals surface area (Å²) in [6.07, 6.45) is 8.82. The van der Waals surface area contributed by atoms with Crippen LogP contribution in [0.25, 0.3) is 0 Å². The SMILES string of the molecule is C[C@H](CCC(=O)NC1CCN(Cc2ccccc2)CC1)[C@H]1CC[C@H]2[C@@H]3[C@H](O)C[C@@H]4C[C@H](O)CC[C@]4(C)[C@H]3C[C@H](O)[C@]12C. The Kier molecular flexibility index (Phi) is 8.83. The number of piperidine rings is 1.